The van der Waals surface area contributed by atoms with Crippen molar-refractivity contribution in [2.24, 2.45) is 11.8 Å². The fourth-order valence-electron chi connectivity index (χ4n) is 6.16. The van der Waals surface area contributed by atoms with Gasteiger partial charge in [0, 0.05) is 34.7 Å². The summed E-state index contributed by atoms with van der Waals surface area (Å²) in [6.45, 7) is 9.17. The first-order chi connectivity index (χ1) is 21.7. The second-order valence-corrected chi connectivity index (χ2v) is 13.2. The highest BCUT2D eigenvalue weighted by atomic mass is 35.5. The largest absolute Gasteiger partial charge is 0.469 e. The zero-order valence-electron chi connectivity index (χ0n) is 26.6. The van der Waals surface area contributed by atoms with Crippen LogP contribution >= 0.6 is 22.9 Å². The van der Waals surface area contributed by atoms with Gasteiger partial charge in [-0.25, -0.2) is 4.98 Å². The molecule has 0 aliphatic carbocycles. The molecule has 0 N–H and O–H groups in total. The molecule has 0 radical (unpaired) electrons. The third kappa shape index (κ3) is 6.77. The number of nitrogens with zero attached hydrogens (tertiary/aromatic N) is 3. The minimum absolute atomic E-state index is 0.174. The normalized spacial score (nSPS) is 15.0. The Bertz CT molecular complexity index is 1740. The lowest BCUT2D eigenvalue weighted by atomic mass is 9.95. The molecule has 2 aromatic carbocycles. The molecule has 7 nitrogen and oxygen atoms in total. The molecule has 0 spiro atoms. The van der Waals surface area contributed by atoms with E-state index in [9.17, 15) is 14.4 Å². The molecule has 0 unspecified atom stereocenters. The molecule has 4 aromatic rings. The van der Waals surface area contributed by atoms with Gasteiger partial charge in [-0.05, 0) is 67.3 Å². The van der Waals surface area contributed by atoms with Gasteiger partial charge >= 0.3 is 5.97 Å². The quantitative estimate of drug-likeness (QED) is 0.175. The Labute approximate surface area is 273 Å². The average Bonchev–Trinajstić information content (AvgIpc) is 3.54. The highest BCUT2D eigenvalue weighted by Crippen LogP contribution is 2.33. The number of likely N-dealkylation sites (tertiary alicyclic amines) is 1. The summed E-state index contributed by atoms with van der Waals surface area (Å²) in [5.74, 6) is -0.689. The van der Waals surface area contributed by atoms with Gasteiger partial charge < -0.3 is 9.64 Å². The number of pyridine rings is 1. The van der Waals surface area contributed by atoms with E-state index in [2.05, 4.69) is 39.8 Å². The Hall–Kier alpha value is -3.75. The number of aromatic nitrogens is 2. The molecular formula is C36H40ClN3O4S. The second-order valence-electron chi connectivity index (χ2n) is 11.9. The number of rotatable bonds is 9. The molecule has 1 aliphatic rings. The van der Waals surface area contributed by atoms with E-state index in [0.717, 1.165) is 40.9 Å². The average molecular weight is 646 g/mol. The first-order valence-electron chi connectivity index (χ1n) is 15.7. The summed E-state index contributed by atoms with van der Waals surface area (Å²) < 4.78 is 6.83. The summed E-state index contributed by atoms with van der Waals surface area (Å²) in [4.78, 5) is 48.4. The number of methoxy groups -OCH3 is 1. The summed E-state index contributed by atoms with van der Waals surface area (Å²) in [5.41, 5.74) is 5.90. The third-order valence-corrected chi connectivity index (χ3v) is 9.57. The molecule has 236 valence electrons. The van der Waals surface area contributed by atoms with Gasteiger partial charge in [0.05, 0.1) is 35.5 Å². The summed E-state index contributed by atoms with van der Waals surface area (Å²) in [6.07, 6.45) is 3.37. The Balaban J connectivity index is 1.77. The standard InChI is InChI=1S/C36H40ClN3O4S/c1-6-23-10-8-11-24(7-2)32(23)40-31(18-22(3)4)28(34(41)39-17-9-12-26(20-39)36(43)44-5)19-29(35(40)42)33-38-30(21-45-33)25-13-15-27(37)16-14-25/h8,10-11,13-16,19,21-22,26H,6-7,9,12,17-18,20H2,1-5H3/t26-/m0/s1. The molecule has 45 heavy (non-hydrogen) atoms. The number of carbonyl (C=O) groups is 2. The maximum atomic E-state index is 14.8. The van der Waals surface area contributed by atoms with Crippen LogP contribution in [-0.2, 0) is 28.8 Å². The number of esters is 1. The van der Waals surface area contributed by atoms with Crippen molar-refractivity contribution in [2.75, 3.05) is 20.2 Å². The topological polar surface area (TPSA) is 81.5 Å². The number of para-hydroxylation sites is 1. The highest BCUT2D eigenvalue weighted by Gasteiger charge is 2.33. The number of aryl methyl sites for hydroxylation is 2. The molecule has 5 rings (SSSR count). The molecule has 1 saturated heterocycles. The lowest BCUT2D eigenvalue weighted by molar-refractivity contribution is -0.146. The molecule has 0 saturated carbocycles. The lowest BCUT2D eigenvalue weighted by Crippen LogP contribution is -2.43. The Morgan fingerprint density at radius 3 is 2.40 bits per heavy atom. The van der Waals surface area contributed by atoms with Crippen molar-refractivity contribution in [3.8, 4) is 27.5 Å². The van der Waals surface area contributed by atoms with Gasteiger partial charge in [-0.3, -0.25) is 19.0 Å². The van der Waals surface area contributed by atoms with Gasteiger partial charge in [0.1, 0.15) is 5.01 Å². The SMILES string of the molecule is CCc1cccc(CC)c1-n1c(CC(C)C)c(C(=O)N2CCC[C@H](C(=O)OC)C2)cc(-c2nc(-c3ccc(Cl)cc3)cs2)c1=O. The number of hydrogen-bond donors (Lipinski definition) is 0. The maximum absolute atomic E-state index is 14.8. The fourth-order valence-corrected chi connectivity index (χ4v) is 7.12. The zero-order valence-corrected chi connectivity index (χ0v) is 28.1. The van der Waals surface area contributed by atoms with Crippen molar-refractivity contribution >= 4 is 34.8 Å². The monoisotopic (exact) mass is 645 g/mol. The minimum Gasteiger partial charge on any atom is -0.469 e. The number of benzene rings is 2. The number of ether oxygens (including phenoxy) is 1. The Morgan fingerprint density at radius 2 is 1.78 bits per heavy atom. The van der Waals surface area contributed by atoms with Crippen LogP contribution in [0.2, 0.25) is 5.02 Å². The van der Waals surface area contributed by atoms with Crippen molar-refractivity contribution in [1.29, 1.82) is 0 Å². The van der Waals surface area contributed by atoms with Crippen LogP contribution in [0.1, 0.15) is 67.7 Å². The van der Waals surface area contributed by atoms with Crippen LogP contribution in [-0.4, -0.2) is 46.5 Å². The fraction of sp³-hybridized carbons (Fsp3) is 0.389. The molecule has 3 heterocycles. The number of amides is 1. The highest BCUT2D eigenvalue weighted by molar-refractivity contribution is 7.13. The van der Waals surface area contributed by atoms with E-state index in [1.807, 2.05) is 35.7 Å². The van der Waals surface area contributed by atoms with E-state index in [0.29, 0.717) is 52.7 Å². The summed E-state index contributed by atoms with van der Waals surface area (Å²) in [6, 6.07) is 15.3. The molecule has 1 amide bonds. The second kappa shape index (κ2) is 14.1. The van der Waals surface area contributed by atoms with Crippen molar-refractivity contribution < 1.29 is 14.3 Å². The molecule has 0 bridgehead atoms. The van der Waals surface area contributed by atoms with Gasteiger partial charge in [-0.15, -0.1) is 11.3 Å². The lowest BCUT2D eigenvalue weighted by Gasteiger charge is -2.32. The first-order valence-corrected chi connectivity index (χ1v) is 16.9. The van der Waals surface area contributed by atoms with E-state index in [-0.39, 0.29) is 35.8 Å². The van der Waals surface area contributed by atoms with Crippen LogP contribution in [0.25, 0.3) is 27.5 Å². The van der Waals surface area contributed by atoms with Crippen LogP contribution in [0.3, 0.4) is 0 Å². The summed E-state index contributed by atoms with van der Waals surface area (Å²) >= 11 is 7.50. The smallest absolute Gasteiger partial charge is 0.310 e. The number of piperidine rings is 1. The number of thiazole rings is 1. The molecule has 2 aromatic heterocycles. The van der Waals surface area contributed by atoms with Crippen molar-refractivity contribution in [3.63, 3.8) is 0 Å². The van der Waals surface area contributed by atoms with Crippen LogP contribution < -0.4 is 5.56 Å². The van der Waals surface area contributed by atoms with Gasteiger partial charge in [-0.2, -0.15) is 0 Å². The van der Waals surface area contributed by atoms with Crippen LogP contribution in [0.15, 0.2) is 58.7 Å². The summed E-state index contributed by atoms with van der Waals surface area (Å²) in [5, 5.41) is 3.10. The van der Waals surface area contributed by atoms with Crippen LogP contribution in [0, 0.1) is 11.8 Å². The van der Waals surface area contributed by atoms with E-state index in [1.54, 1.807) is 15.5 Å². The molecule has 9 heteroatoms. The van der Waals surface area contributed by atoms with Crippen molar-refractivity contribution in [1.82, 2.24) is 14.5 Å². The Morgan fingerprint density at radius 1 is 1.09 bits per heavy atom. The van der Waals surface area contributed by atoms with Gasteiger partial charge in [0.2, 0.25) is 0 Å². The summed E-state index contributed by atoms with van der Waals surface area (Å²) in [7, 11) is 1.38. The first kappa shape index (κ1) is 32.6. The van der Waals surface area contributed by atoms with Crippen molar-refractivity contribution in [3.05, 3.63) is 91.7 Å². The predicted molar refractivity (Wildman–Crippen MR) is 182 cm³/mol. The molecule has 1 aliphatic heterocycles. The number of carbonyl (C=O) groups excluding carboxylic acids is 2. The predicted octanol–water partition coefficient (Wildman–Crippen LogP) is 7.63. The number of hydrogen-bond acceptors (Lipinski definition) is 6. The number of halogens is 1. The van der Waals surface area contributed by atoms with E-state index >= 15 is 0 Å². The van der Waals surface area contributed by atoms with E-state index in [4.69, 9.17) is 21.3 Å². The van der Waals surface area contributed by atoms with Crippen LogP contribution in [0.4, 0.5) is 0 Å². The van der Waals surface area contributed by atoms with E-state index in [1.165, 1.54) is 18.4 Å². The van der Waals surface area contributed by atoms with Crippen LogP contribution in [0.5, 0.6) is 0 Å². The van der Waals surface area contributed by atoms with Gasteiger partial charge in [-0.1, -0.05) is 69.6 Å². The van der Waals surface area contributed by atoms with Gasteiger partial charge in [0.25, 0.3) is 11.5 Å². The maximum Gasteiger partial charge on any atom is 0.310 e. The zero-order chi connectivity index (χ0) is 32.2. The third-order valence-electron chi connectivity index (χ3n) is 8.44. The molecular weight excluding hydrogens is 606 g/mol. The molecule has 1 atom stereocenters. The van der Waals surface area contributed by atoms with E-state index < -0.39 is 0 Å². The molecule has 1 fully saturated rings. The Kier molecular flexibility index (Phi) is 10.2. The van der Waals surface area contributed by atoms with Crippen molar-refractivity contribution in [2.45, 2.75) is 59.8 Å². The van der Waals surface area contributed by atoms with Gasteiger partial charge in [0.15, 0.2) is 0 Å². The minimum atomic E-state index is -0.375.